The van der Waals surface area contributed by atoms with Gasteiger partial charge in [-0.3, -0.25) is 0 Å². The van der Waals surface area contributed by atoms with E-state index < -0.39 is 12.8 Å². The van der Waals surface area contributed by atoms with Crippen LogP contribution in [0, 0.1) is 5.92 Å². The van der Waals surface area contributed by atoms with Gasteiger partial charge in [0.15, 0.2) is 18.1 Å². The highest BCUT2D eigenvalue weighted by Crippen LogP contribution is 2.31. The van der Waals surface area contributed by atoms with Crippen molar-refractivity contribution < 1.29 is 22.6 Å². The van der Waals surface area contributed by atoms with Crippen LogP contribution in [0.15, 0.2) is 18.2 Å². The van der Waals surface area contributed by atoms with Gasteiger partial charge in [-0.15, -0.1) is 0 Å². The molecule has 1 fully saturated rings. The molecule has 0 unspecified atom stereocenters. The Hall–Kier alpha value is -1.43. The summed E-state index contributed by atoms with van der Waals surface area (Å²) in [5, 5.41) is 3.33. The number of rotatable bonds is 8. The van der Waals surface area contributed by atoms with E-state index >= 15 is 0 Å². The predicted molar refractivity (Wildman–Crippen MR) is 73.6 cm³/mol. The van der Waals surface area contributed by atoms with E-state index in [0.29, 0.717) is 18.9 Å². The van der Waals surface area contributed by atoms with Crippen LogP contribution in [0.25, 0.3) is 0 Å². The van der Waals surface area contributed by atoms with Crippen LogP contribution >= 0.6 is 0 Å². The summed E-state index contributed by atoms with van der Waals surface area (Å²) < 4.78 is 46.8. The first-order valence-corrected chi connectivity index (χ1v) is 7.14. The Morgan fingerprint density at radius 2 is 1.95 bits per heavy atom. The zero-order chi connectivity index (χ0) is 15.3. The molecular formula is C15H20F3NO2. The summed E-state index contributed by atoms with van der Waals surface area (Å²) in [5.41, 5.74) is 0.971. The topological polar surface area (TPSA) is 30.5 Å². The van der Waals surface area contributed by atoms with Crippen LogP contribution in [-0.4, -0.2) is 25.9 Å². The third kappa shape index (κ3) is 5.83. The summed E-state index contributed by atoms with van der Waals surface area (Å²) in [6, 6.07) is 5.02. The average Bonchev–Trinajstić information content (AvgIpc) is 3.21. The summed E-state index contributed by atoms with van der Waals surface area (Å²) in [6.07, 6.45) is -1.79. The molecular weight excluding hydrogens is 283 g/mol. The van der Waals surface area contributed by atoms with Gasteiger partial charge in [0.25, 0.3) is 0 Å². The standard InChI is InChI=1S/C15H20F3NO2/c1-2-20-14-7-12(9-19-8-11-3-4-11)5-6-13(14)21-10-15(16,17)18/h5-7,11,19H,2-4,8-10H2,1H3. The van der Waals surface area contributed by atoms with E-state index in [1.165, 1.54) is 18.9 Å². The van der Waals surface area contributed by atoms with Crippen LogP contribution in [0.4, 0.5) is 13.2 Å². The van der Waals surface area contributed by atoms with Gasteiger partial charge in [0, 0.05) is 6.54 Å². The molecule has 1 aromatic carbocycles. The van der Waals surface area contributed by atoms with Crippen molar-refractivity contribution in [2.24, 2.45) is 5.92 Å². The van der Waals surface area contributed by atoms with E-state index in [4.69, 9.17) is 9.47 Å². The van der Waals surface area contributed by atoms with Crippen LogP contribution < -0.4 is 14.8 Å². The third-order valence-corrected chi connectivity index (χ3v) is 3.16. The third-order valence-electron chi connectivity index (χ3n) is 3.16. The molecule has 1 saturated carbocycles. The Bertz CT molecular complexity index is 459. The molecule has 0 spiro atoms. The van der Waals surface area contributed by atoms with Gasteiger partial charge < -0.3 is 14.8 Å². The Morgan fingerprint density at radius 1 is 1.19 bits per heavy atom. The molecule has 6 heteroatoms. The molecule has 21 heavy (non-hydrogen) atoms. The van der Waals surface area contributed by atoms with Crippen molar-refractivity contribution in [2.75, 3.05) is 19.8 Å². The Labute approximate surface area is 122 Å². The van der Waals surface area contributed by atoms with Gasteiger partial charge in [-0.2, -0.15) is 13.2 Å². The molecule has 118 valence electrons. The summed E-state index contributed by atoms with van der Waals surface area (Å²) >= 11 is 0. The fourth-order valence-electron chi connectivity index (χ4n) is 1.95. The SMILES string of the molecule is CCOc1cc(CNCC2CC2)ccc1OCC(F)(F)F. The van der Waals surface area contributed by atoms with Crippen molar-refractivity contribution >= 4 is 0 Å². The lowest BCUT2D eigenvalue weighted by atomic mass is 10.2. The second-order valence-electron chi connectivity index (χ2n) is 5.19. The average molecular weight is 303 g/mol. The van der Waals surface area contributed by atoms with Gasteiger partial charge in [0.2, 0.25) is 0 Å². The molecule has 1 aliphatic carbocycles. The summed E-state index contributed by atoms with van der Waals surface area (Å²) in [6.45, 7) is 2.51. The van der Waals surface area contributed by atoms with E-state index in [9.17, 15) is 13.2 Å². The Morgan fingerprint density at radius 3 is 2.57 bits per heavy atom. The van der Waals surface area contributed by atoms with E-state index in [2.05, 4.69) is 5.32 Å². The maximum Gasteiger partial charge on any atom is 0.422 e. The maximum absolute atomic E-state index is 12.2. The van der Waals surface area contributed by atoms with Crippen LogP contribution in [0.1, 0.15) is 25.3 Å². The summed E-state index contributed by atoms with van der Waals surface area (Å²) in [7, 11) is 0. The highest BCUT2D eigenvalue weighted by molar-refractivity contribution is 5.43. The molecule has 0 aromatic heterocycles. The number of hydrogen-bond donors (Lipinski definition) is 1. The van der Waals surface area contributed by atoms with E-state index in [1.807, 2.05) is 0 Å². The molecule has 2 rings (SSSR count). The lowest BCUT2D eigenvalue weighted by Crippen LogP contribution is -2.20. The number of nitrogens with one attached hydrogen (secondary N) is 1. The Balaban J connectivity index is 1.95. The van der Waals surface area contributed by atoms with Gasteiger partial charge in [-0.1, -0.05) is 6.07 Å². The van der Waals surface area contributed by atoms with Gasteiger partial charge in [0.1, 0.15) is 0 Å². The lowest BCUT2D eigenvalue weighted by molar-refractivity contribution is -0.153. The van der Waals surface area contributed by atoms with Crippen molar-refractivity contribution in [3.63, 3.8) is 0 Å². The van der Waals surface area contributed by atoms with Crippen molar-refractivity contribution in [3.05, 3.63) is 23.8 Å². The number of alkyl halides is 3. The number of halogens is 3. The van der Waals surface area contributed by atoms with Crippen molar-refractivity contribution in [1.82, 2.24) is 5.32 Å². The minimum atomic E-state index is -4.35. The van der Waals surface area contributed by atoms with Crippen LogP contribution in [-0.2, 0) is 6.54 Å². The van der Waals surface area contributed by atoms with Gasteiger partial charge >= 0.3 is 6.18 Å². The minimum absolute atomic E-state index is 0.125. The quantitative estimate of drug-likeness (QED) is 0.797. The molecule has 0 heterocycles. The number of hydrogen-bond acceptors (Lipinski definition) is 3. The molecule has 3 nitrogen and oxygen atoms in total. The van der Waals surface area contributed by atoms with E-state index in [1.54, 1.807) is 19.1 Å². The van der Waals surface area contributed by atoms with Gasteiger partial charge in [0.05, 0.1) is 6.61 Å². The predicted octanol–water partition coefficient (Wildman–Crippen LogP) is 3.53. The van der Waals surface area contributed by atoms with Crippen LogP contribution in [0.5, 0.6) is 11.5 Å². The second kappa shape index (κ2) is 7.02. The lowest BCUT2D eigenvalue weighted by Gasteiger charge is -2.14. The second-order valence-corrected chi connectivity index (χ2v) is 5.19. The van der Waals surface area contributed by atoms with Crippen LogP contribution in [0.3, 0.4) is 0 Å². The van der Waals surface area contributed by atoms with Crippen molar-refractivity contribution in [3.8, 4) is 11.5 Å². The highest BCUT2D eigenvalue weighted by atomic mass is 19.4. The highest BCUT2D eigenvalue weighted by Gasteiger charge is 2.29. The van der Waals surface area contributed by atoms with Crippen molar-refractivity contribution in [2.45, 2.75) is 32.5 Å². The molecule has 1 aliphatic rings. The molecule has 0 aliphatic heterocycles. The summed E-state index contributed by atoms with van der Waals surface area (Å²) in [4.78, 5) is 0. The fraction of sp³-hybridized carbons (Fsp3) is 0.600. The first-order chi connectivity index (χ1) is 9.98. The number of benzene rings is 1. The maximum atomic E-state index is 12.2. The Kier molecular flexibility index (Phi) is 5.33. The molecule has 1 N–H and O–H groups in total. The molecule has 0 radical (unpaired) electrons. The monoisotopic (exact) mass is 303 g/mol. The fourth-order valence-corrected chi connectivity index (χ4v) is 1.95. The number of ether oxygens (including phenoxy) is 2. The molecule has 0 atom stereocenters. The van der Waals surface area contributed by atoms with E-state index in [0.717, 1.165) is 18.0 Å². The normalized spacial score (nSPS) is 15.0. The first-order valence-electron chi connectivity index (χ1n) is 7.14. The largest absolute Gasteiger partial charge is 0.490 e. The molecule has 0 amide bonds. The van der Waals surface area contributed by atoms with Gasteiger partial charge in [-0.05, 0) is 49.9 Å². The summed E-state index contributed by atoms with van der Waals surface area (Å²) in [5.74, 6) is 1.26. The first kappa shape index (κ1) is 15.9. The smallest absolute Gasteiger partial charge is 0.422 e. The molecule has 1 aromatic rings. The molecule has 0 bridgehead atoms. The van der Waals surface area contributed by atoms with Gasteiger partial charge in [-0.25, -0.2) is 0 Å². The minimum Gasteiger partial charge on any atom is -0.490 e. The zero-order valence-corrected chi connectivity index (χ0v) is 12.0. The molecule has 0 saturated heterocycles. The van der Waals surface area contributed by atoms with Crippen molar-refractivity contribution in [1.29, 1.82) is 0 Å². The van der Waals surface area contributed by atoms with E-state index in [-0.39, 0.29) is 5.75 Å². The zero-order valence-electron chi connectivity index (χ0n) is 12.0. The van der Waals surface area contributed by atoms with Crippen LogP contribution in [0.2, 0.25) is 0 Å².